The summed E-state index contributed by atoms with van der Waals surface area (Å²) in [6, 6.07) is 0. The molecular weight excluding hydrogens is 298 g/mol. The Morgan fingerprint density at radius 3 is 2.86 bits per heavy atom. The van der Waals surface area contributed by atoms with Crippen LogP contribution in [0.15, 0.2) is 10.9 Å². The fourth-order valence-corrected chi connectivity index (χ4v) is 2.63. The summed E-state index contributed by atoms with van der Waals surface area (Å²) < 4.78 is 9.27. The molecule has 0 spiro atoms. The number of thiophene rings is 1. The molecule has 0 aliphatic carbocycles. The van der Waals surface area contributed by atoms with Crippen LogP contribution in [-0.4, -0.2) is 35.7 Å². The minimum Gasteiger partial charge on any atom is -0.465 e. The van der Waals surface area contributed by atoms with E-state index in [4.69, 9.17) is 11.5 Å². The Bertz CT molecular complexity index is 652. The van der Waals surface area contributed by atoms with E-state index >= 15 is 0 Å². The van der Waals surface area contributed by atoms with Gasteiger partial charge in [0.25, 0.3) is 5.91 Å². The average Bonchev–Trinajstić information content (AvgIpc) is 3.06. The summed E-state index contributed by atoms with van der Waals surface area (Å²) in [5.41, 5.74) is 11.1. The van der Waals surface area contributed by atoms with Gasteiger partial charge in [-0.3, -0.25) is 4.79 Å². The Labute approximate surface area is 123 Å². The topological polar surface area (TPSA) is 146 Å². The number of hydrogen-bond acceptors (Lipinski definition) is 9. The van der Waals surface area contributed by atoms with Gasteiger partial charge in [0.1, 0.15) is 15.4 Å². The van der Waals surface area contributed by atoms with Crippen molar-refractivity contribution in [1.29, 1.82) is 0 Å². The summed E-state index contributed by atoms with van der Waals surface area (Å²) in [5.74, 6) is -0.825. The number of nitrogens with one attached hydrogen (secondary N) is 1. The number of methoxy groups -OCH3 is 1. The third-order valence-electron chi connectivity index (χ3n) is 2.60. The summed E-state index contributed by atoms with van der Waals surface area (Å²) in [7, 11) is 1.23. The van der Waals surface area contributed by atoms with Crippen LogP contribution in [0.1, 0.15) is 25.9 Å². The van der Waals surface area contributed by atoms with Crippen LogP contribution in [-0.2, 0) is 11.2 Å². The van der Waals surface area contributed by atoms with Crippen molar-refractivity contribution in [3.8, 4) is 0 Å². The van der Waals surface area contributed by atoms with Gasteiger partial charge < -0.3 is 26.0 Å². The number of rotatable bonds is 6. The zero-order valence-electron chi connectivity index (χ0n) is 11.1. The van der Waals surface area contributed by atoms with Crippen LogP contribution in [0.25, 0.3) is 0 Å². The SMILES string of the molecule is COC(=O)c1c(NCCc2ncon2)sc(C(N)=O)c1N. The molecule has 112 valence electrons. The molecule has 5 N–H and O–H groups in total. The number of hydrogen-bond donors (Lipinski definition) is 3. The largest absolute Gasteiger partial charge is 0.465 e. The minimum absolute atomic E-state index is 0.0152. The number of carbonyl (C=O) groups is 2. The van der Waals surface area contributed by atoms with E-state index in [1.54, 1.807) is 0 Å². The second-order valence-electron chi connectivity index (χ2n) is 3.93. The number of aromatic nitrogens is 2. The lowest BCUT2D eigenvalue weighted by Gasteiger charge is -2.05. The molecule has 0 bridgehead atoms. The van der Waals surface area contributed by atoms with Gasteiger partial charge in [-0.25, -0.2) is 4.79 Å². The predicted molar refractivity (Wildman–Crippen MR) is 75.1 cm³/mol. The van der Waals surface area contributed by atoms with Gasteiger partial charge in [0.05, 0.1) is 12.8 Å². The molecule has 1 amide bonds. The van der Waals surface area contributed by atoms with Crippen LogP contribution in [0.3, 0.4) is 0 Å². The van der Waals surface area contributed by atoms with E-state index in [9.17, 15) is 9.59 Å². The van der Waals surface area contributed by atoms with Crippen LogP contribution < -0.4 is 16.8 Å². The lowest BCUT2D eigenvalue weighted by Crippen LogP contribution is -2.13. The van der Waals surface area contributed by atoms with Crippen LogP contribution in [0.2, 0.25) is 0 Å². The molecule has 2 rings (SSSR count). The zero-order chi connectivity index (χ0) is 15.4. The van der Waals surface area contributed by atoms with Crippen molar-refractivity contribution < 1.29 is 18.8 Å². The maximum atomic E-state index is 11.8. The predicted octanol–water partition coefficient (Wildman–Crippen LogP) is 0.253. The Balaban J connectivity index is 2.18. The molecule has 0 aliphatic heterocycles. The maximum Gasteiger partial charge on any atom is 0.343 e. The maximum absolute atomic E-state index is 11.8. The van der Waals surface area contributed by atoms with Gasteiger partial charge in [0.2, 0.25) is 6.39 Å². The molecule has 0 aliphatic rings. The summed E-state index contributed by atoms with van der Waals surface area (Å²) >= 11 is 0.999. The van der Waals surface area contributed by atoms with E-state index in [0.29, 0.717) is 23.8 Å². The molecule has 0 radical (unpaired) electrons. The number of anilines is 2. The molecule has 9 nitrogen and oxygen atoms in total. The van der Waals surface area contributed by atoms with E-state index in [2.05, 4.69) is 24.7 Å². The summed E-state index contributed by atoms with van der Waals surface area (Å²) in [6.45, 7) is 0.418. The smallest absolute Gasteiger partial charge is 0.343 e. The van der Waals surface area contributed by atoms with Crippen molar-refractivity contribution in [3.05, 3.63) is 22.7 Å². The number of amides is 1. The highest BCUT2D eigenvalue weighted by atomic mass is 32.1. The number of carbonyl (C=O) groups excluding carboxylic acids is 2. The second-order valence-corrected chi connectivity index (χ2v) is 4.95. The minimum atomic E-state index is -0.700. The van der Waals surface area contributed by atoms with Gasteiger partial charge in [-0.2, -0.15) is 4.98 Å². The van der Waals surface area contributed by atoms with Crippen molar-refractivity contribution in [2.75, 3.05) is 24.7 Å². The second kappa shape index (κ2) is 6.22. The summed E-state index contributed by atoms with van der Waals surface area (Å²) in [4.78, 5) is 27.0. The van der Waals surface area contributed by atoms with Gasteiger partial charge >= 0.3 is 5.97 Å². The number of nitrogens with two attached hydrogens (primary N) is 2. The molecule has 0 saturated carbocycles. The number of nitrogens with zero attached hydrogens (tertiary/aromatic N) is 2. The van der Waals surface area contributed by atoms with E-state index in [0.717, 1.165) is 11.3 Å². The van der Waals surface area contributed by atoms with Crippen molar-refractivity contribution in [2.24, 2.45) is 5.73 Å². The molecule has 2 aromatic rings. The third kappa shape index (κ3) is 3.11. The highest BCUT2D eigenvalue weighted by molar-refractivity contribution is 7.19. The van der Waals surface area contributed by atoms with Crippen LogP contribution in [0, 0.1) is 0 Å². The molecule has 21 heavy (non-hydrogen) atoms. The summed E-state index contributed by atoms with van der Waals surface area (Å²) in [5, 5.41) is 7.06. The van der Waals surface area contributed by atoms with Crippen molar-refractivity contribution in [2.45, 2.75) is 6.42 Å². The van der Waals surface area contributed by atoms with Gasteiger partial charge in [-0.05, 0) is 0 Å². The molecule has 0 aromatic carbocycles. The van der Waals surface area contributed by atoms with E-state index in [1.165, 1.54) is 13.5 Å². The standard InChI is InChI=1S/C11H13N5O4S/c1-19-11(18)6-7(12)8(9(13)17)21-10(6)14-3-2-5-15-4-20-16-5/h4,14H,2-3,12H2,1H3,(H2,13,17). The molecule has 0 atom stereocenters. The fourth-order valence-electron chi connectivity index (χ4n) is 1.65. The first-order valence-electron chi connectivity index (χ1n) is 5.84. The third-order valence-corrected chi connectivity index (χ3v) is 3.78. The van der Waals surface area contributed by atoms with Crippen LogP contribution >= 0.6 is 11.3 Å². The van der Waals surface area contributed by atoms with Crippen LogP contribution in [0.4, 0.5) is 10.7 Å². The number of esters is 1. The first-order chi connectivity index (χ1) is 10.0. The lowest BCUT2D eigenvalue weighted by molar-refractivity contribution is 0.0603. The van der Waals surface area contributed by atoms with Crippen molar-refractivity contribution in [3.63, 3.8) is 0 Å². The Morgan fingerprint density at radius 2 is 2.29 bits per heavy atom. The van der Waals surface area contributed by atoms with Gasteiger partial charge in [0.15, 0.2) is 5.82 Å². The first kappa shape index (κ1) is 14.8. The van der Waals surface area contributed by atoms with Crippen molar-refractivity contribution >= 4 is 33.9 Å². The number of primary amides is 1. The highest BCUT2D eigenvalue weighted by Gasteiger charge is 2.25. The van der Waals surface area contributed by atoms with Gasteiger partial charge in [-0.15, -0.1) is 11.3 Å². The zero-order valence-corrected chi connectivity index (χ0v) is 11.9. The van der Waals surface area contributed by atoms with Crippen LogP contribution in [0.5, 0.6) is 0 Å². The molecule has 10 heteroatoms. The number of ether oxygens (including phenoxy) is 1. The Hall–Kier alpha value is -2.62. The van der Waals surface area contributed by atoms with E-state index in [-0.39, 0.29) is 16.1 Å². The van der Waals surface area contributed by atoms with Gasteiger partial charge in [-0.1, -0.05) is 5.16 Å². The monoisotopic (exact) mass is 311 g/mol. The molecular formula is C11H13N5O4S. The molecule has 0 saturated heterocycles. The normalized spacial score (nSPS) is 10.3. The number of nitrogen functional groups attached to an aromatic ring is 1. The first-order valence-corrected chi connectivity index (χ1v) is 6.65. The average molecular weight is 311 g/mol. The quantitative estimate of drug-likeness (QED) is 0.643. The molecule has 0 unspecified atom stereocenters. The van der Waals surface area contributed by atoms with Crippen molar-refractivity contribution in [1.82, 2.24) is 10.1 Å². The molecule has 2 heterocycles. The Kier molecular flexibility index (Phi) is 4.38. The molecule has 2 aromatic heterocycles. The van der Waals surface area contributed by atoms with E-state index in [1.807, 2.05) is 0 Å². The summed E-state index contributed by atoms with van der Waals surface area (Å²) in [6.07, 6.45) is 1.70. The van der Waals surface area contributed by atoms with E-state index < -0.39 is 11.9 Å². The molecule has 0 fully saturated rings. The lowest BCUT2D eigenvalue weighted by atomic mass is 10.2. The fraction of sp³-hybridized carbons (Fsp3) is 0.273. The van der Waals surface area contributed by atoms with Gasteiger partial charge in [0, 0.05) is 13.0 Å². The highest BCUT2D eigenvalue weighted by Crippen LogP contribution is 2.35. The Morgan fingerprint density at radius 1 is 1.52 bits per heavy atom.